The Morgan fingerprint density at radius 1 is 1.53 bits per heavy atom. The third-order valence-electron chi connectivity index (χ3n) is 1.89. The lowest BCUT2D eigenvalue weighted by Gasteiger charge is -2.14. The van der Waals surface area contributed by atoms with Gasteiger partial charge in [0.05, 0.1) is 19.8 Å². The highest BCUT2D eigenvalue weighted by Gasteiger charge is 2.41. The highest BCUT2D eigenvalue weighted by atomic mass is 19.4. The first kappa shape index (κ1) is 12.3. The van der Waals surface area contributed by atoms with E-state index in [9.17, 15) is 18.0 Å². The minimum Gasteiger partial charge on any atom is -0.459 e. The van der Waals surface area contributed by atoms with Crippen LogP contribution in [0.3, 0.4) is 0 Å². The molecular formula is C8H12F3NO3. The van der Waals surface area contributed by atoms with E-state index in [2.05, 4.69) is 10.1 Å². The monoisotopic (exact) mass is 227 g/mol. The molecule has 1 rings (SSSR count). The fourth-order valence-electron chi connectivity index (χ4n) is 1.14. The summed E-state index contributed by atoms with van der Waals surface area (Å²) in [7, 11) is 0. The maximum absolute atomic E-state index is 11.8. The summed E-state index contributed by atoms with van der Waals surface area (Å²) in [6.45, 7) is 1.70. The van der Waals surface area contributed by atoms with Gasteiger partial charge in [-0.25, -0.2) is 4.79 Å². The average molecular weight is 227 g/mol. The van der Waals surface area contributed by atoms with E-state index in [4.69, 9.17) is 4.74 Å². The van der Waals surface area contributed by atoms with Crippen LogP contribution >= 0.6 is 0 Å². The van der Waals surface area contributed by atoms with Gasteiger partial charge < -0.3 is 14.8 Å². The first-order valence-corrected chi connectivity index (χ1v) is 4.52. The van der Waals surface area contributed by atoms with Gasteiger partial charge in [0.25, 0.3) is 0 Å². The van der Waals surface area contributed by atoms with Crippen LogP contribution in [0.15, 0.2) is 0 Å². The normalized spacial score (nSPS) is 23.3. The van der Waals surface area contributed by atoms with E-state index in [1.807, 2.05) is 0 Å². The lowest BCUT2D eigenvalue weighted by atomic mass is 10.2. The molecule has 1 N–H and O–H groups in total. The third kappa shape index (κ3) is 4.48. The Morgan fingerprint density at radius 2 is 2.27 bits per heavy atom. The minimum absolute atomic E-state index is 0.223. The van der Waals surface area contributed by atoms with Crippen molar-refractivity contribution in [1.29, 1.82) is 0 Å². The summed E-state index contributed by atoms with van der Waals surface area (Å²) in [5, 5.41) is 2.96. The van der Waals surface area contributed by atoms with Crippen molar-refractivity contribution in [2.75, 3.05) is 32.9 Å². The molecule has 0 aromatic carbocycles. The predicted octanol–water partition coefficient (Wildman–Crippen LogP) is 0.328. The summed E-state index contributed by atoms with van der Waals surface area (Å²) < 4.78 is 44.5. The van der Waals surface area contributed by atoms with Crippen LogP contribution in [0.5, 0.6) is 0 Å². The number of alkyl halides is 3. The molecule has 0 saturated carbocycles. The molecule has 0 amide bonds. The SMILES string of the molecule is O=C(OCC1CNCCOC1)C(F)(F)F. The van der Waals surface area contributed by atoms with Crippen molar-refractivity contribution in [3.8, 4) is 0 Å². The Balaban J connectivity index is 2.26. The van der Waals surface area contributed by atoms with Gasteiger partial charge in [-0.2, -0.15) is 13.2 Å². The topological polar surface area (TPSA) is 47.6 Å². The molecule has 0 aromatic rings. The Hall–Kier alpha value is -0.820. The molecule has 7 heteroatoms. The van der Waals surface area contributed by atoms with Crippen LogP contribution in [0.2, 0.25) is 0 Å². The number of rotatable bonds is 2. The molecule has 1 unspecified atom stereocenters. The Kier molecular flexibility index (Phi) is 4.34. The lowest BCUT2D eigenvalue weighted by molar-refractivity contribution is -0.201. The first-order valence-electron chi connectivity index (χ1n) is 4.52. The summed E-state index contributed by atoms with van der Waals surface area (Å²) >= 11 is 0. The summed E-state index contributed by atoms with van der Waals surface area (Å²) in [5.74, 6) is -2.37. The zero-order valence-electron chi connectivity index (χ0n) is 7.97. The number of nitrogens with one attached hydrogen (secondary N) is 1. The van der Waals surface area contributed by atoms with Gasteiger partial charge in [0.15, 0.2) is 0 Å². The molecule has 1 aliphatic rings. The zero-order valence-corrected chi connectivity index (χ0v) is 7.97. The number of carbonyl (C=O) groups is 1. The number of ether oxygens (including phenoxy) is 2. The van der Waals surface area contributed by atoms with Crippen LogP contribution in [0.1, 0.15) is 0 Å². The summed E-state index contributed by atoms with van der Waals surface area (Å²) in [4.78, 5) is 10.4. The molecule has 15 heavy (non-hydrogen) atoms. The van der Waals surface area contributed by atoms with Gasteiger partial charge in [0, 0.05) is 19.0 Å². The maximum atomic E-state index is 11.8. The second kappa shape index (κ2) is 5.32. The van der Waals surface area contributed by atoms with Gasteiger partial charge in [0.2, 0.25) is 0 Å². The van der Waals surface area contributed by atoms with E-state index in [-0.39, 0.29) is 12.5 Å². The van der Waals surface area contributed by atoms with E-state index in [1.165, 1.54) is 0 Å². The summed E-state index contributed by atoms with van der Waals surface area (Å²) in [6.07, 6.45) is -4.92. The summed E-state index contributed by atoms with van der Waals surface area (Å²) in [5.41, 5.74) is 0. The fraction of sp³-hybridized carbons (Fsp3) is 0.875. The van der Waals surface area contributed by atoms with E-state index in [1.54, 1.807) is 0 Å². The van der Waals surface area contributed by atoms with Gasteiger partial charge in [-0.15, -0.1) is 0 Å². The van der Waals surface area contributed by atoms with Crippen molar-refractivity contribution in [1.82, 2.24) is 5.32 Å². The number of halogens is 3. The van der Waals surface area contributed by atoms with Gasteiger partial charge in [-0.1, -0.05) is 0 Å². The van der Waals surface area contributed by atoms with Crippen molar-refractivity contribution < 1.29 is 27.4 Å². The van der Waals surface area contributed by atoms with Crippen LogP contribution < -0.4 is 5.32 Å². The number of esters is 1. The Labute approximate surface area is 84.7 Å². The Morgan fingerprint density at radius 3 is 2.93 bits per heavy atom. The second-order valence-corrected chi connectivity index (χ2v) is 3.24. The quantitative estimate of drug-likeness (QED) is 0.690. The highest BCUT2D eigenvalue weighted by molar-refractivity contribution is 5.75. The van der Waals surface area contributed by atoms with E-state index >= 15 is 0 Å². The fourth-order valence-corrected chi connectivity index (χ4v) is 1.14. The van der Waals surface area contributed by atoms with Crippen LogP contribution in [0, 0.1) is 5.92 Å². The average Bonchev–Trinajstić information content (AvgIpc) is 2.40. The van der Waals surface area contributed by atoms with Gasteiger partial charge in [-0.05, 0) is 0 Å². The molecule has 0 bridgehead atoms. The molecule has 88 valence electrons. The molecule has 1 atom stereocenters. The molecule has 0 aromatic heterocycles. The van der Waals surface area contributed by atoms with Crippen molar-refractivity contribution in [3.63, 3.8) is 0 Å². The van der Waals surface area contributed by atoms with E-state index in [0.717, 1.165) is 0 Å². The molecular weight excluding hydrogens is 215 g/mol. The van der Waals surface area contributed by atoms with E-state index < -0.39 is 12.1 Å². The third-order valence-corrected chi connectivity index (χ3v) is 1.89. The number of hydrogen-bond donors (Lipinski definition) is 1. The van der Waals surface area contributed by atoms with Crippen molar-refractivity contribution >= 4 is 5.97 Å². The first-order chi connectivity index (χ1) is 7.00. The number of carbonyl (C=O) groups excluding carboxylic acids is 1. The van der Waals surface area contributed by atoms with Crippen LogP contribution in [-0.4, -0.2) is 45.1 Å². The smallest absolute Gasteiger partial charge is 0.459 e. The second-order valence-electron chi connectivity index (χ2n) is 3.24. The molecule has 0 radical (unpaired) electrons. The molecule has 1 heterocycles. The van der Waals surface area contributed by atoms with Gasteiger partial charge in [-0.3, -0.25) is 0 Å². The van der Waals surface area contributed by atoms with Crippen LogP contribution in [-0.2, 0) is 14.3 Å². The lowest BCUT2D eigenvalue weighted by Crippen LogP contribution is -2.31. The number of hydrogen-bond acceptors (Lipinski definition) is 4. The van der Waals surface area contributed by atoms with Crippen molar-refractivity contribution in [2.45, 2.75) is 6.18 Å². The molecule has 1 fully saturated rings. The Bertz CT molecular complexity index is 212. The van der Waals surface area contributed by atoms with Gasteiger partial charge >= 0.3 is 12.1 Å². The molecule has 1 aliphatic heterocycles. The molecule has 4 nitrogen and oxygen atoms in total. The predicted molar refractivity (Wildman–Crippen MR) is 44.2 cm³/mol. The van der Waals surface area contributed by atoms with E-state index in [0.29, 0.717) is 26.3 Å². The van der Waals surface area contributed by atoms with Crippen LogP contribution in [0.4, 0.5) is 13.2 Å². The van der Waals surface area contributed by atoms with Crippen molar-refractivity contribution in [3.05, 3.63) is 0 Å². The zero-order chi connectivity index (χ0) is 11.3. The largest absolute Gasteiger partial charge is 0.490 e. The summed E-state index contributed by atoms with van der Waals surface area (Å²) in [6, 6.07) is 0. The van der Waals surface area contributed by atoms with Gasteiger partial charge in [0.1, 0.15) is 0 Å². The molecule has 0 aliphatic carbocycles. The standard InChI is InChI=1S/C8H12F3NO3/c9-8(10,11)7(13)15-5-6-3-12-1-2-14-4-6/h6,12H,1-5H2. The van der Waals surface area contributed by atoms with Crippen molar-refractivity contribution in [2.24, 2.45) is 5.92 Å². The molecule has 1 saturated heterocycles. The highest BCUT2D eigenvalue weighted by Crippen LogP contribution is 2.17. The molecule has 0 spiro atoms. The minimum atomic E-state index is -4.92. The van der Waals surface area contributed by atoms with Crippen LogP contribution in [0.25, 0.3) is 0 Å². The maximum Gasteiger partial charge on any atom is 0.490 e.